The molecule has 0 atom stereocenters. The number of nitrogens with zero attached hydrogens (tertiary/aromatic N) is 1. The molecule has 1 amide bonds. The van der Waals surface area contributed by atoms with Gasteiger partial charge in [0.1, 0.15) is 5.75 Å². The lowest BCUT2D eigenvalue weighted by Gasteiger charge is -2.14. The number of amides is 1. The summed E-state index contributed by atoms with van der Waals surface area (Å²) in [5.41, 5.74) is 0.472. The van der Waals surface area contributed by atoms with Crippen LogP contribution in [0.2, 0.25) is 0 Å². The van der Waals surface area contributed by atoms with E-state index in [2.05, 4.69) is 15.4 Å². The highest BCUT2D eigenvalue weighted by Gasteiger charge is 2.30. The number of alkyl halides is 3. The van der Waals surface area contributed by atoms with Crippen molar-refractivity contribution in [1.29, 1.82) is 0 Å². The van der Waals surface area contributed by atoms with Gasteiger partial charge in [-0.25, -0.2) is 0 Å². The predicted molar refractivity (Wildman–Crippen MR) is 76.0 cm³/mol. The third kappa shape index (κ3) is 6.80. The summed E-state index contributed by atoms with van der Waals surface area (Å²) >= 11 is 4.96. The highest BCUT2D eigenvalue weighted by molar-refractivity contribution is 7.80. The maximum Gasteiger partial charge on any atom is 0.573 e. The van der Waals surface area contributed by atoms with Gasteiger partial charge in [0.05, 0.1) is 6.54 Å². The third-order valence-electron chi connectivity index (χ3n) is 2.24. The molecule has 2 N–H and O–H groups in total. The van der Waals surface area contributed by atoms with Crippen molar-refractivity contribution in [2.24, 2.45) is 0 Å². The fourth-order valence-electron chi connectivity index (χ4n) is 1.23. The molecule has 0 unspecified atom stereocenters. The fraction of sp³-hybridized carbons (Fsp3) is 0.333. The molecule has 0 aliphatic heterocycles. The van der Waals surface area contributed by atoms with Crippen LogP contribution in [0.15, 0.2) is 24.3 Å². The number of benzene rings is 1. The molecule has 0 aliphatic carbocycles. The SMILES string of the molecule is CN(C)C(=O)CNC(=S)Nc1ccc(OC(F)(F)F)cc1. The number of likely N-dealkylation sites (N-methyl/N-ethyl adjacent to an activating group) is 1. The first-order chi connectivity index (χ1) is 9.67. The quantitative estimate of drug-likeness (QED) is 0.831. The molecule has 0 radical (unpaired) electrons. The third-order valence-corrected chi connectivity index (χ3v) is 2.49. The van der Waals surface area contributed by atoms with Crippen LogP contribution in [0.25, 0.3) is 0 Å². The van der Waals surface area contributed by atoms with Crippen molar-refractivity contribution < 1.29 is 22.7 Å². The Morgan fingerprint density at radius 3 is 2.33 bits per heavy atom. The molecular weight excluding hydrogens is 307 g/mol. The van der Waals surface area contributed by atoms with Gasteiger partial charge < -0.3 is 20.3 Å². The molecule has 0 aromatic heterocycles. The molecule has 0 fully saturated rings. The van der Waals surface area contributed by atoms with Gasteiger partial charge in [-0.3, -0.25) is 4.79 Å². The van der Waals surface area contributed by atoms with Gasteiger partial charge in [0.15, 0.2) is 5.11 Å². The first kappa shape index (κ1) is 17.0. The number of thiocarbonyl (C=S) groups is 1. The Morgan fingerprint density at radius 2 is 1.86 bits per heavy atom. The maximum atomic E-state index is 12.0. The Kier molecular flexibility index (Phi) is 5.77. The van der Waals surface area contributed by atoms with Crippen molar-refractivity contribution in [1.82, 2.24) is 10.2 Å². The summed E-state index contributed by atoms with van der Waals surface area (Å²) in [4.78, 5) is 12.7. The van der Waals surface area contributed by atoms with Crippen molar-refractivity contribution in [3.8, 4) is 5.75 Å². The number of carbonyl (C=O) groups is 1. The van der Waals surface area contributed by atoms with Gasteiger partial charge in [0.25, 0.3) is 0 Å². The van der Waals surface area contributed by atoms with Crippen LogP contribution in [-0.4, -0.2) is 42.9 Å². The van der Waals surface area contributed by atoms with E-state index in [-0.39, 0.29) is 23.3 Å². The van der Waals surface area contributed by atoms with E-state index in [4.69, 9.17) is 12.2 Å². The molecule has 0 bridgehead atoms. The van der Waals surface area contributed by atoms with Gasteiger partial charge in [0, 0.05) is 19.8 Å². The lowest BCUT2D eigenvalue weighted by Crippen LogP contribution is -2.38. The van der Waals surface area contributed by atoms with Crippen LogP contribution in [0, 0.1) is 0 Å². The Bertz CT molecular complexity index is 503. The lowest BCUT2D eigenvalue weighted by molar-refractivity contribution is -0.274. The zero-order valence-electron chi connectivity index (χ0n) is 11.3. The van der Waals surface area contributed by atoms with E-state index in [0.29, 0.717) is 5.69 Å². The molecule has 0 spiro atoms. The monoisotopic (exact) mass is 321 g/mol. The Balaban J connectivity index is 2.48. The van der Waals surface area contributed by atoms with Crippen LogP contribution in [0.1, 0.15) is 0 Å². The molecule has 21 heavy (non-hydrogen) atoms. The van der Waals surface area contributed by atoms with Crippen LogP contribution in [0.5, 0.6) is 5.75 Å². The minimum Gasteiger partial charge on any atom is -0.406 e. The van der Waals surface area contributed by atoms with E-state index in [1.165, 1.54) is 17.0 Å². The standard InChI is InChI=1S/C12H14F3N3O2S/c1-18(2)10(19)7-16-11(21)17-8-3-5-9(6-4-8)20-12(13,14)15/h3-6H,7H2,1-2H3,(H2,16,17,21). The second-order valence-corrected chi connectivity index (χ2v) is 4.58. The number of hydrogen-bond acceptors (Lipinski definition) is 3. The highest BCUT2D eigenvalue weighted by Crippen LogP contribution is 2.23. The number of halogens is 3. The Morgan fingerprint density at radius 1 is 1.29 bits per heavy atom. The van der Waals surface area contributed by atoms with E-state index in [1.807, 2.05) is 0 Å². The zero-order valence-corrected chi connectivity index (χ0v) is 12.1. The zero-order chi connectivity index (χ0) is 16.0. The average Bonchev–Trinajstić information content (AvgIpc) is 2.36. The van der Waals surface area contributed by atoms with Gasteiger partial charge in [0.2, 0.25) is 5.91 Å². The first-order valence-electron chi connectivity index (χ1n) is 5.78. The predicted octanol–water partition coefficient (Wildman–Crippen LogP) is 1.96. The van der Waals surface area contributed by atoms with Gasteiger partial charge in [-0.15, -0.1) is 13.2 Å². The Labute approximate surface area is 125 Å². The van der Waals surface area contributed by atoms with Crippen LogP contribution in [0.3, 0.4) is 0 Å². The number of hydrogen-bond donors (Lipinski definition) is 2. The summed E-state index contributed by atoms with van der Waals surface area (Å²) in [6, 6.07) is 5.07. The second kappa shape index (κ2) is 7.11. The van der Waals surface area contributed by atoms with Gasteiger partial charge >= 0.3 is 6.36 Å². The molecule has 0 heterocycles. The van der Waals surface area contributed by atoms with Gasteiger partial charge in [-0.2, -0.15) is 0 Å². The van der Waals surface area contributed by atoms with Crippen molar-refractivity contribution in [2.45, 2.75) is 6.36 Å². The molecule has 0 saturated carbocycles. The van der Waals surface area contributed by atoms with Gasteiger partial charge in [-0.05, 0) is 36.5 Å². The molecule has 1 rings (SSSR count). The fourth-order valence-corrected chi connectivity index (χ4v) is 1.42. The van der Waals surface area contributed by atoms with Crippen LogP contribution >= 0.6 is 12.2 Å². The number of nitrogens with one attached hydrogen (secondary N) is 2. The molecule has 9 heteroatoms. The molecule has 116 valence electrons. The number of carbonyl (C=O) groups excluding carboxylic acids is 1. The summed E-state index contributed by atoms with van der Waals surface area (Å²) in [6.45, 7) is 0.0219. The number of ether oxygens (including phenoxy) is 1. The van der Waals surface area contributed by atoms with Crippen molar-refractivity contribution in [3.05, 3.63) is 24.3 Å². The molecule has 0 saturated heterocycles. The summed E-state index contributed by atoms with van der Waals surface area (Å²) in [6.07, 6.45) is -4.72. The van der Waals surface area contributed by atoms with E-state index in [1.54, 1.807) is 14.1 Å². The number of anilines is 1. The highest BCUT2D eigenvalue weighted by atomic mass is 32.1. The second-order valence-electron chi connectivity index (χ2n) is 4.17. The summed E-state index contributed by atoms with van der Waals surface area (Å²) in [5, 5.41) is 5.61. The molecule has 1 aromatic carbocycles. The number of rotatable bonds is 4. The topological polar surface area (TPSA) is 53.6 Å². The van der Waals surface area contributed by atoms with Gasteiger partial charge in [-0.1, -0.05) is 0 Å². The van der Waals surface area contributed by atoms with Crippen molar-refractivity contribution >= 4 is 28.9 Å². The van der Waals surface area contributed by atoms with Crippen LogP contribution < -0.4 is 15.4 Å². The summed E-state index contributed by atoms with van der Waals surface area (Å²) in [5.74, 6) is -0.484. The minimum absolute atomic E-state index is 0.0219. The average molecular weight is 321 g/mol. The van der Waals surface area contributed by atoms with E-state index in [0.717, 1.165) is 12.1 Å². The largest absolute Gasteiger partial charge is 0.573 e. The maximum absolute atomic E-state index is 12.0. The van der Waals surface area contributed by atoms with E-state index < -0.39 is 6.36 Å². The Hall–Kier alpha value is -2.03. The normalized spacial score (nSPS) is 10.7. The molecule has 5 nitrogen and oxygen atoms in total. The molecular formula is C12H14F3N3O2S. The molecule has 0 aliphatic rings. The minimum atomic E-state index is -4.72. The van der Waals surface area contributed by atoms with E-state index in [9.17, 15) is 18.0 Å². The lowest BCUT2D eigenvalue weighted by atomic mass is 10.3. The summed E-state index contributed by atoms with van der Waals surface area (Å²) < 4.78 is 39.7. The van der Waals surface area contributed by atoms with Crippen molar-refractivity contribution in [2.75, 3.05) is 26.0 Å². The summed E-state index contributed by atoms with van der Waals surface area (Å²) in [7, 11) is 3.22. The van der Waals surface area contributed by atoms with Crippen molar-refractivity contribution in [3.63, 3.8) is 0 Å². The molecule has 1 aromatic rings. The van der Waals surface area contributed by atoms with E-state index >= 15 is 0 Å². The van der Waals surface area contributed by atoms with Crippen LogP contribution in [0.4, 0.5) is 18.9 Å². The first-order valence-corrected chi connectivity index (χ1v) is 6.19. The smallest absolute Gasteiger partial charge is 0.406 e. The van der Waals surface area contributed by atoms with Crippen LogP contribution in [-0.2, 0) is 4.79 Å².